The predicted octanol–water partition coefficient (Wildman–Crippen LogP) is 3.41. The third kappa shape index (κ3) is 1.74. The molecule has 100 valence electrons. The van der Waals surface area contributed by atoms with E-state index in [1.54, 1.807) is 0 Å². The zero-order valence-electron chi connectivity index (χ0n) is 11.4. The van der Waals surface area contributed by atoms with E-state index in [1.807, 2.05) is 6.07 Å². The molecule has 0 saturated carbocycles. The van der Waals surface area contributed by atoms with Crippen molar-refractivity contribution in [3.63, 3.8) is 0 Å². The van der Waals surface area contributed by atoms with Crippen LogP contribution in [0.1, 0.15) is 22.6 Å². The van der Waals surface area contributed by atoms with Crippen molar-refractivity contribution in [2.75, 3.05) is 13.6 Å². The third-order valence-corrected chi connectivity index (χ3v) is 4.13. The summed E-state index contributed by atoms with van der Waals surface area (Å²) in [5, 5.41) is 0. The van der Waals surface area contributed by atoms with Gasteiger partial charge in [0.05, 0.1) is 0 Å². The van der Waals surface area contributed by atoms with Crippen molar-refractivity contribution in [1.29, 1.82) is 0 Å². The van der Waals surface area contributed by atoms with Gasteiger partial charge in [0.15, 0.2) is 12.0 Å². The van der Waals surface area contributed by atoms with Crippen LogP contribution in [0.25, 0.3) is 11.1 Å². The monoisotopic (exact) mass is 264 g/mol. The SMILES string of the molecule is CN1Cc2ccccc2C(c2cccc3ocnc23)C1. The molecule has 0 aliphatic carbocycles. The summed E-state index contributed by atoms with van der Waals surface area (Å²) in [4.78, 5) is 6.77. The van der Waals surface area contributed by atoms with E-state index in [-0.39, 0.29) is 0 Å². The van der Waals surface area contributed by atoms with Crippen molar-refractivity contribution < 1.29 is 4.42 Å². The van der Waals surface area contributed by atoms with Crippen molar-refractivity contribution in [2.45, 2.75) is 12.5 Å². The Hall–Kier alpha value is -2.13. The van der Waals surface area contributed by atoms with E-state index in [4.69, 9.17) is 4.42 Å². The quantitative estimate of drug-likeness (QED) is 0.674. The lowest BCUT2D eigenvalue weighted by molar-refractivity contribution is 0.295. The van der Waals surface area contributed by atoms with E-state index in [9.17, 15) is 0 Å². The van der Waals surface area contributed by atoms with Crippen LogP contribution >= 0.6 is 0 Å². The average molecular weight is 264 g/mol. The zero-order chi connectivity index (χ0) is 13.5. The molecule has 1 aromatic heterocycles. The maximum absolute atomic E-state index is 5.44. The second kappa shape index (κ2) is 4.46. The first-order valence-corrected chi connectivity index (χ1v) is 6.91. The lowest BCUT2D eigenvalue weighted by atomic mass is 9.84. The molecule has 0 radical (unpaired) electrons. The summed E-state index contributed by atoms with van der Waals surface area (Å²) in [6, 6.07) is 14.9. The van der Waals surface area contributed by atoms with Gasteiger partial charge in [-0.25, -0.2) is 4.98 Å². The van der Waals surface area contributed by atoms with Gasteiger partial charge in [0, 0.05) is 19.0 Å². The van der Waals surface area contributed by atoms with E-state index >= 15 is 0 Å². The molecular weight excluding hydrogens is 248 g/mol. The minimum atomic E-state index is 0.360. The largest absolute Gasteiger partial charge is 0.443 e. The third-order valence-electron chi connectivity index (χ3n) is 4.13. The van der Waals surface area contributed by atoms with Crippen LogP contribution in [-0.4, -0.2) is 23.5 Å². The first-order chi connectivity index (χ1) is 9.83. The molecule has 3 nitrogen and oxygen atoms in total. The maximum atomic E-state index is 5.44. The van der Waals surface area contributed by atoms with Gasteiger partial charge in [-0.2, -0.15) is 0 Å². The van der Waals surface area contributed by atoms with Crippen LogP contribution in [0.3, 0.4) is 0 Å². The fraction of sp³-hybridized carbons (Fsp3) is 0.235. The summed E-state index contributed by atoms with van der Waals surface area (Å²) in [7, 11) is 2.17. The Kier molecular flexibility index (Phi) is 2.60. The molecule has 0 N–H and O–H groups in total. The highest BCUT2D eigenvalue weighted by Gasteiger charge is 2.26. The van der Waals surface area contributed by atoms with Crippen molar-refractivity contribution >= 4 is 11.1 Å². The maximum Gasteiger partial charge on any atom is 0.181 e. The Morgan fingerprint density at radius 1 is 1.10 bits per heavy atom. The molecule has 1 atom stereocenters. The highest BCUT2D eigenvalue weighted by molar-refractivity contribution is 5.77. The number of benzene rings is 2. The molecule has 0 amide bonds. The molecule has 4 rings (SSSR count). The van der Waals surface area contributed by atoms with Gasteiger partial charge >= 0.3 is 0 Å². The zero-order valence-corrected chi connectivity index (χ0v) is 11.4. The molecule has 0 fully saturated rings. The lowest BCUT2D eigenvalue weighted by Crippen LogP contribution is -2.31. The molecule has 2 aromatic carbocycles. The molecule has 3 heteroatoms. The predicted molar refractivity (Wildman–Crippen MR) is 78.6 cm³/mol. The van der Waals surface area contributed by atoms with Crippen molar-refractivity contribution in [2.24, 2.45) is 0 Å². The van der Waals surface area contributed by atoms with Gasteiger partial charge in [-0.1, -0.05) is 36.4 Å². The highest BCUT2D eigenvalue weighted by atomic mass is 16.3. The van der Waals surface area contributed by atoms with E-state index in [0.717, 1.165) is 24.2 Å². The first kappa shape index (κ1) is 11.7. The number of likely N-dealkylation sites (N-methyl/N-ethyl adjacent to an activating group) is 1. The fourth-order valence-corrected chi connectivity index (χ4v) is 3.24. The van der Waals surface area contributed by atoms with Crippen LogP contribution in [-0.2, 0) is 6.54 Å². The topological polar surface area (TPSA) is 29.3 Å². The molecular formula is C17H16N2O. The van der Waals surface area contributed by atoms with Crippen molar-refractivity contribution in [3.05, 3.63) is 65.5 Å². The van der Waals surface area contributed by atoms with E-state index in [2.05, 4.69) is 53.3 Å². The minimum absolute atomic E-state index is 0.360. The number of hydrogen-bond donors (Lipinski definition) is 0. The van der Waals surface area contributed by atoms with Crippen LogP contribution in [0.5, 0.6) is 0 Å². The number of para-hydroxylation sites is 1. The Balaban J connectivity index is 1.92. The van der Waals surface area contributed by atoms with Gasteiger partial charge in [0.1, 0.15) is 5.52 Å². The molecule has 3 aromatic rings. The standard InChI is InChI=1S/C17H16N2O/c1-19-9-12-5-2-3-6-13(12)15(10-19)14-7-4-8-16-17(14)18-11-20-16/h2-8,11,15H,9-10H2,1H3. The summed E-state index contributed by atoms with van der Waals surface area (Å²) in [6.07, 6.45) is 1.53. The van der Waals surface area contributed by atoms with Gasteiger partial charge in [-0.15, -0.1) is 0 Å². The van der Waals surface area contributed by atoms with Gasteiger partial charge in [-0.05, 0) is 29.8 Å². The normalized spacial score (nSPS) is 19.1. The molecule has 1 aliphatic rings. The smallest absolute Gasteiger partial charge is 0.181 e. The number of fused-ring (bicyclic) bond motifs is 2. The average Bonchev–Trinajstić information content (AvgIpc) is 2.94. The fourth-order valence-electron chi connectivity index (χ4n) is 3.24. The molecule has 1 unspecified atom stereocenters. The Bertz CT molecular complexity index is 762. The van der Waals surface area contributed by atoms with Crippen LogP contribution in [0, 0.1) is 0 Å². The number of oxazole rings is 1. The van der Waals surface area contributed by atoms with Gasteiger partial charge in [-0.3, -0.25) is 0 Å². The Morgan fingerprint density at radius 2 is 1.95 bits per heavy atom. The van der Waals surface area contributed by atoms with Crippen LogP contribution in [0.15, 0.2) is 53.3 Å². The number of nitrogens with zero attached hydrogens (tertiary/aromatic N) is 2. The van der Waals surface area contributed by atoms with E-state index in [1.165, 1.54) is 23.1 Å². The first-order valence-electron chi connectivity index (χ1n) is 6.91. The molecule has 2 heterocycles. The van der Waals surface area contributed by atoms with Gasteiger partial charge in [0.25, 0.3) is 0 Å². The lowest BCUT2D eigenvalue weighted by Gasteiger charge is -2.32. The van der Waals surface area contributed by atoms with Gasteiger partial charge in [0.2, 0.25) is 0 Å². The summed E-state index contributed by atoms with van der Waals surface area (Å²) < 4.78 is 5.44. The van der Waals surface area contributed by atoms with Crippen LogP contribution in [0.4, 0.5) is 0 Å². The summed E-state index contributed by atoms with van der Waals surface area (Å²) in [5.41, 5.74) is 5.94. The molecule has 1 aliphatic heterocycles. The number of rotatable bonds is 1. The summed E-state index contributed by atoms with van der Waals surface area (Å²) in [6.45, 7) is 2.03. The Morgan fingerprint density at radius 3 is 2.90 bits per heavy atom. The Labute approximate surface area is 117 Å². The second-order valence-corrected chi connectivity index (χ2v) is 5.49. The summed E-state index contributed by atoms with van der Waals surface area (Å²) >= 11 is 0. The molecule has 0 saturated heterocycles. The molecule has 0 bridgehead atoms. The highest BCUT2D eigenvalue weighted by Crippen LogP contribution is 2.35. The minimum Gasteiger partial charge on any atom is -0.443 e. The second-order valence-electron chi connectivity index (χ2n) is 5.49. The van der Waals surface area contributed by atoms with Crippen molar-refractivity contribution in [3.8, 4) is 0 Å². The van der Waals surface area contributed by atoms with Gasteiger partial charge < -0.3 is 9.32 Å². The molecule has 20 heavy (non-hydrogen) atoms. The molecule has 0 spiro atoms. The number of hydrogen-bond acceptors (Lipinski definition) is 3. The summed E-state index contributed by atoms with van der Waals surface area (Å²) in [5.74, 6) is 0.360. The number of aromatic nitrogens is 1. The van der Waals surface area contributed by atoms with Crippen molar-refractivity contribution in [1.82, 2.24) is 9.88 Å². The van der Waals surface area contributed by atoms with E-state index in [0.29, 0.717) is 5.92 Å². The van der Waals surface area contributed by atoms with E-state index < -0.39 is 0 Å². The van der Waals surface area contributed by atoms with Crippen LogP contribution in [0.2, 0.25) is 0 Å². The van der Waals surface area contributed by atoms with Crippen LogP contribution < -0.4 is 0 Å².